The molecule has 0 spiro atoms. The zero-order valence-corrected chi connectivity index (χ0v) is 19.5. The Morgan fingerprint density at radius 1 is 1.03 bits per heavy atom. The van der Waals surface area contributed by atoms with Crippen molar-refractivity contribution in [1.29, 1.82) is 0 Å². The zero-order valence-electron chi connectivity index (χ0n) is 17.9. The molecule has 0 aliphatic carbocycles. The molecular weight excluding hydrogens is 470 g/mol. The van der Waals surface area contributed by atoms with E-state index in [1.807, 2.05) is 0 Å². The van der Waals surface area contributed by atoms with Crippen LogP contribution in [0.2, 0.25) is 5.02 Å². The van der Waals surface area contributed by atoms with E-state index in [4.69, 9.17) is 22.1 Å². The van der Waals surface area contributed by atoms with Crippen molar-refractivity contribution in [3.05, 3.63) is 58.6 Å². The molecule has 1 aliphatic rings. The molecule has 2 aromatic carbocycles. The Hall–Kier alpha value is -2.95. The predicted molar refractivity (Wildman–Crippen MR) is 123 cm³/mol. The van der Waals surface area contributed by atoms with Gasteiger partial charge in [-0.2, -0.15) is 4.31 Å². The molecule has 1 heterocycles. The average Bonchev–Trinajstić information content (AvgIpc) is 2.80. The number of esters is 1. The quantitative estimate of drug-likeness (QED) is 0.569. The van der Waals surface area contributed by atoms with Crippen LogP contribution in [0.15, 0.2) is 47.4 Å². The van der Waals surface area contributed by atoms with E-state index in [0.29, 0.717) is 13.1 Å². The fraction of sp³-hybridized carbons (Fsp3) is 0.318. The SMILES string of the molecule is CC(OC(=O)c1ccc(C(N)=O)cc1)C(=O)Nc1cc(S(=O)(=O)N2CCCCC2)ccc1Cl. The van der Waals surface area contributed by atoms with Crippen LogP contribution < -0.4 is 11.1 Å². The maximum absolute atomic E-state index is 12.9. The largest absolute Gasteiger partial charge is 0.449 e. The van der Waals surface area contributed by atoms with E-state index in [1.54, 1.807) is 0 Å². The number of hydrogen-bond donors (Lipinski definition) is 2. The first-order chi connectivity index (χ1) is 15.6. The van der Waals surface area contributed by atoms with Gasteiger partial charge in [0.05, 0.1) is 21.2 Å². The number of nitrogens with two attached hydrogens (primary N) is 1. The van der Waals surface area contributed by atoms with Crippen LogP contribution in [0.3, 0.4) is 0 Å². The number of amides is 2. The van der Waals surface area contributed by atoms with Crippen molar-refractivity contribution in [2.24, 2.45) is 5.73 Å². The van der Waals surface area contributed by atoms with Crippen molar-refractivity contribution in [2.45, 2.75) is 37.2 Å². The number of anilines is 1. The highest BCUT2D eigenvalue weighted by Gasteiger charge is 2.27. The molecule has 1 aliphatic heterocycles. The van der Waals surface area contributed by atoms with E-state index in [9.17, 15) is 22.8 Å². The van der Waals surface area contributed by atoms with Gasteiger partial charge in [-0.1, -0.05) is 18.0 Å². The number of hydrogen-bond acceptors (Lipinski definition) is 6. The molecule has 1 unspecified atom stereocenters. The van der Waals surface area contributed by atoms with Crippen LogP contribution in [-0.2, 0) is 19.6 Å². The third kappa shape index (κ3) is 5.89. The first-order valence-electron chi connectivity index (χ1n) is 10.3. The third-order valence-corrected chi connectivity index (χ3v) is 7.43. The second-order valence-electron chi connectivity index (χ2n) is 7.58. The smallest absolute Gasteiger partial charge is 0.338 e. The first kappa shape index (κ1) is 24.7. The summed E-state index contributed by atoms with van der Waals surface area (Å²) in [4.78, 5) is 36.0. The molecule has 1 saturated heterocycles. The van der Waals surface area contributed by atoms with Crippen molar-refractivity contribution in [1.82, 2.24) is 4.31 Å². The number of carbonyl (C=O) groups excluding carboxylic acids is 3. The number of sulfonamides is 1. The standard InChI is InChI=1S/C22H24ClN3O6S/c1-14(32-22(29)16-7-5-15(6-8-16)20(24)27)21(28)25-19-13-17(9-10-18(19)23)33(30,31)26-11-3-2-4-12-26/h5-10,13-14H,2-4,11-12H2,1H3,(H2,24,27)(H,25,28). The van der Waals surface area contributed by atoms with Crippen LogP contribution in [0.25, 0.3) is 0 Å². The van der Waals surface area contributed by atoms with E-state index in [-0.39, 0.29) is 26.7 Å². The van der Waals surface area contributed by atoms with Gasteiger partial charge in [0.2, 0.25) is 15.9 Å². The Labute approximate surface area is 196 Å². The predicted octanol–water partition coefficient (Wildman–Crippen LogP) is 2.80. The summed E-state index contributed by atoms with van der Waals surface area (Å²) >= 11 is 6.15. The minimum Gasteiger partial charge on any atom is -0.449 e. The molecule has 0 radical (unpaired) electrons. The molecule has 3 N–H and O–H groups in total. The fourth-order valence-corrected chi connectivity index (χ4v) is 5.01. The first-order valence-corrected chi connectivity index (χ1v) is 12.1. The summed E-state index contributed by atoms with van der Waals surface area (Å²) in [6.07, 6.45) is 1.38. The number of piperidine rings is 1. The summed E-state index contributed by atoms with van der Waals surface area (Å²) in [5, 5.41) is 2.65. The van der Waals surface area contributed by atoms with Crippen LogP contribution in [0.1, 0.15) is 46.9 Å². The second-order valence-corrected chi connectivity index (χ2v) is 9.93. The van der Waals surface area contributed by atoms with E-state index in [1.165, 1.54) is 53.7 Å². The Bertz CT molecular complexity index is 1160. The maximum atomic E-state index is 12.9. The molecule has 1 atom stereocenters. The van der Waals surface area contributed by atoms with Gasteiger partial charge in [-0.25, -0.2) is 13.2 Å². The van der Waals surface area contributed by atoms with Gasteiger partial charge < -0.3 is 15.8 Å². The number of ether oxygens (including phenoxy) is 1. The molecule has 1 fully saturated rings. The van der Waals surface area contributed by atoms with Crippen LogP contribution in [0.5, 0.6) is 0 Å². The van der Waals surface area contributed by atoms with E-state index in [2.05, 4.69) is 5.32 Å². The third-order valence-electron chi connectivity index (χ3n) is 5.21. The van der Waals surface area contributed by atoms with Crippen molar-refractivity contribution >= 4 is 45.1 Å². The molecule has 2 aromatic rings. The van der Waals surface area contributed by atoms with Crippen molar-refractivity contribution in [2.75, 3.05) is 18.4 Å². The summed E-state index contributed by atoms with van der Waals surface area (Å²) in [7, 11) is -3.72. The van der Waals surface area contributed by atoms with Crippen molar-refractivity contribution < 1.29 is 27.5 Å². The monoisotopic (exact) mass is 493 g/mol. The average molecular weight is 494 g/mol. The van der Waals surface area contributed by atoms with Gasteiger partial charge in [-0.3, -0.25) is 9.59 Å². The Balaban J connectivity index is 1.69. The summed E-state index contributed by atoms with van der Waals surface area (Å²) in [6.45, 7) is 2.26. The minimum atomic E-state index is -3.72. The molecule has 0 bridgehead atoms. The van der Waals surface area contributed by atoms with Gasteiger partial charge in [-0.15, -0.1) is 0 Å². The minimum absolute atomic E-state index is 0.0169. The summed E-state index contributed by atoms with van der Waals surface area (Å²) in [6, 6.07) is 9.54. The highest BCUT2D eigenvalue weighted by atomic mass is 35.5. The lowest BCUT2D eigenvalue weighted by molar-refractivity contribution is -0.123. The van der Waals surface area contributed by atoms with Crippen LogP contribution in [-0.4, -0.2) is 49.7 Å². The number of nitrogens with zero attached hydrogens (tertiary/aromatic N) is 1. The molecular formula is C22H24ClN3O6S. The van der Waals surface area contributed by atoms with E-state index >= 15 is 0 Å². The molecule has 3 rings (SSSR count). The Morgan fingerprint density at radius 2 is 1.64 bits per heavy atom. The Kier molecular flexibility index (Phi) is 7.72. The highest BCUT2D eigenvalue weighted by Crippen LogP contribution is 2.28. The lowest BCUT2D eigenvalue weighted by Crippen LogP contribution is -2.35. The molecule has 33 heavy (non-hydrogen) atoms. The van der Waals surface area contributed by atoms with Crippen molar-refractivity contribution in [3.63, 3.8) is 0 Å². The second kappa shape index (κ2) is 10.3. The molecule has 176 valence electrons. The van der Waals surface area contributed by atoms with Crippen LogP contribution >= 0.6 is 11.6 Å². The van der Waals surface area contributed by atoms with Gasteiger partial charge in [-0.05, 0) is 62.2 Å². The Morgan fingerprint density at radius 3 is 2.24 bits per heavy atom. The number of primary amides is 1. The van der Waals surface area contributed by atoms with Gasteiger partial charge in [0.15, 0.2) is 6.10 Å². The highest BCUT2D eigenvalue weighted by molar-refractivity contribution is 7.89. The lowest BCUT2D eigenvalue weighted by atomic mass is 10.1. The fourth-order valence-electron chi connectivity index (χ4n) is 3.30. The zero-order chi connectivity index (χ0) is 24.2. The summed E-state index contributed by atoms with van der Waals surface area (Å²) in [5.41, 5.74) is 5.62. The maximum Gasteiger partial charge on any atom is 0.338 e. The molecule has 0 saturated carbocycles. The number of nitrogens with one attached hydrogen (secondary N) is 1. The molecule has 2 amide bonds. The van der Waals surface area contributed by atoms with Crippen LogP contribution in [0.4, 0.5) is 5.69 Å². The van der Waals surface area contributed by atoms with Gasteiger partial charge in [0.25, 0.3) is 5.91 Å². The van der Waals surface area contributed by atoms with E-state index in [0.717, 1.165) is 19.3 Å². The number of carbonyl (C=O) groups is 3. The molecule has 0 aromatic heterocycles. The number of rotatable bonds is 7. The van der Waals surface area contributed by atoms with Gasteiger partial charge in [0, 0.05) is 18.7 Å². The molecule has 11 heteroatoms. The van der Waals surface area contributed by atoms with Crippen molar-refractivity contribution in [3.8, 4) is 0 Å². The molecule has 9 nitrogen and oxygen atoms in total. The van der Waals surface area contributed by atoms with E-state index < -0.39 is 33.9 Å². The lowest BCUT2D eigenvalue weighted by Gasteiger charge is -2.26. The number of benzene rings is 2. The van der Waals surface area contributed by atoms with Crippen LogP contribution in [0, 0.1) is 0 Å². The summed E-state index contributed by atoms with van der Waals surface area (Å²) < 4.78 is 32.4. The normalized spacial score (nSPS) is 15.5. The number of halogens is 1. The summed E-state index contributed by atoms with van der Waals surface area (Å²) in [5.74, 6) is -2.10. The van der Waals surface area contributed by atoms with Gasteiger partial charge in [0.1, 0.15) is 0 Å². The topological polar surface area (TPSA) is 136 Å². The van der Waals surface area contributed by atoms with Gasteiger partial charge >= 0.3 is 5.97 Å².